The van der Waals surface area contributed by atoms with Gasteiger partial charge >= 0.3 is 6.03 Å². The highest BCUT2D eigenvalue weighted by atomic mass is 32.2. The second-order valence-electron chi connectivity index (χ2n) is 5.39. The van der Waals surface area contributed by atoms with E-state index in [2.05, 4.69) is 10.6 Å². The largest absolute Gasteiger partial charge is 0.352 e. The van der Waals surface area contributed by atoms with Gasteiger partial charge in [-0.15, -0.1) is 0 Å². The summed E-state index contributed by atoms with van der Waals surface area (Å²) in [5.74, 6) is 0.728. The van der Waals surface area contributed by atoms with Crippen LogP contribution in [0.3, 0.4) is 0 Å². The van der Waals surface area contributed by atoms with Crippen LogP contribution in [0.1, 0.15) is 51.4 Å². The Kier molecular flexibility index (Phi) is 8.49. The highest BCUT2D eigenvalue weighted by Crippen LogP contribution is 2.17. The first-order valence-corrected chi connectivity index (χ1v) is 8.88. The molecule has 20 heavy (non-hydrogen) atoms. The van der Waals surface area contributed by atoms with Gasteiger partial charge in [0.2, 0.25) is 5.91 Å². The van der Waals surface area contributed by atoms with E-state index in [1.165, 1.54) is 32.1 Å². The summed E-state index contributed by atoms with van der Waals surface area (Å²) in [5.41, 5.74) is 5.14. The summed E-state index contributed by atoms with van der Waals surface area (Å²) in [5, 5.41) is 5.63. The van der Waals surface area contributed by atoms with Gasteiger partial charge < -0.3 is 16.4 Å². The van der Waals surface area contributed by atoms with Gasteiger partial charge in [0.15, 0.2) is 0 Å². The monoisotopic (exact) mass is 301 g/mol. The van der Waals surface area contributed by atoms with Gasteiger partial charge in [0, 0.05) is 6.04 Å². The first kappa shape index (κ1) is 17.1. The van der Waals surface area contributed by atoms with Crippen molar-refractivity contribution in [1.82, 2.24) is 10.6 Å². The summed E-state index contributed by atoms with van der Waals surface area (Å²) >= 11 is 1.65. The first-order chi connectivity index (χ1) is 9.63. The zero-order valence-electron chi connectivity index (χ0n) is 12.3. The van der Waals surface area contributed by atoms with E-state index in [1.54, 1.807) is 11.8 Å². The number of nitrogens with two attached hydrogens (primary N) is 1. The average molecular weight is 301 g/mol. The van der Waals surface area contributed by atoms with E-state index in [1.807, 2.05) is 6.26 Å². The van der Waals surface area contributed by atoms with E-state index in [9.17, 15) is 9.59 Å². The Hall–Kier alpha value is -0.910. The van der Waals surface area contributed by atoms with Gasteiger partial charge in [0.05, 0.1) is 0 Å². The second-order valence-corrected chi connectivity index (χ2v) is 6.38. The molecule has 1 atom stereocenters. The lowest BCUT2D eigenvalue weighted by atomic mass is 9.96. The van der Waals surface area contributed by atoms with Crippen molar-refractivity contribution in [2.75, 3.05) is 12.0 Å². The third-order valence-corrected chi connectivity index (χ3v) is 4.34. The number of thioether (sulfide) groups is 1. The molecular weight excluding hydrogens is 274 g/mol. The number of amides is 3. The minimum absolute atomic E-state index is 0.0941. The molecule has 0 radical (unpaired) electrons. The van der Waals surface area contributed by atoms with Crippen LogP contribution in [0.25, 0.3) is 0 Å². The third kappa shape index (κ3) is 7.03. The molecule has 1 aliphatic rings. The van der Waals surface area contributed by atoms with Crippen molar-refractivity contribution >= 4 is 23.7 Å². The summed E-state index contributed by atoms with van der Waals surface area (Å²) < 4.78 is 0. The van der Waals surface area contributed by atoms with Crippen LogP contribution < -0.4 is 16.4 Å². The fourth-order valence-corrected chi connectivity index (χ4v) is 3.05. The number of rotatable bonds is 6. The van der Waals surface area contributed by atoms with Crippen LogP contribution in [0.5, 0.6) is 0 Å². The van der Waals surface area contributed by atoms with Crippen molar-refractivity contribution in [2.45, 2.75) is 63.5 Å². The van der Waals surface area contributed by atoms with E-state index in [0.29, 0.717) is 6.42 Å². The Balaban J connectivity index is 2.47. The highest BCUT2D eigenvalue weighted by Gasteiger charge is 2.22. The Morgan fingerprint density at radius 2 is 1.80 bits per heavy atom. The number of carbonyl (C=O) groups excluding carboxylic acids is 2. The summed E-state index contributed by atoms with van der Waals surface area (Å²) in [6.07, 6.45) is 10.8. The molecule has 0 aliphatic heterocycles. The molecule has 1 fully saturated rings. The highest BCUT2D eigenvalue weighted by molar-refractivity contribution is 7.98. The maximum Gasteiger partial charge on any atom is 0.312 e. The molecule has 0 heterocycles. The van der Waals surface area contributed by atoms with Gasteiger partial charge in [-0.3, -0.25) is 4.79 Å². The Labute approximate surface area is 125 Å². The second kappa shape index (κ2) is 9.91. The van der Waals surface area contributed by atoms with Crippen LogP contribution in [-0.2, 0) is 4.79 Å². The topological polar surface area (TPSA) is 84.2 Å². The average Bonchev–Trinajstić information content (AvgIpc) is 2.37. The van der Waals surface area contributed by atoms with Crippen LogP contribution >= 0.6 is 11.8 Å². The summed E-state index contributed by atoms with van der Waals surface area (Å²) in [6.45, 7) is 0. The van der Waals surface area contributed by atoms with Crippen LogP contribution in [0.2, 0.25) is 0 Å². The maximum atomic E-state index is 12.3. The zero-order chi connectivity index (χ0) is 14.8. The van der Waals surface area contributed by atoms with Crippen LogP contribution in [0, 0.1) is 0 Å². The van der Waals surface area contributed by atoms with Crippen molar-refractivity contribution in [1.29, 1.82) is 0 Å². The molecular formula is C14H27N3O2S. The lowest BCUT2D eigenvalue weighted by Crippen LogP contribution is -2.51. The maximum absolute atomic E-state index is 12.3. The van der Waals surface area contributed by atoms with Crippen LogP contribution in [0.4, 0.5) is 4.79 Å². The predicted octanol–water partition coefficient (Wildman–Crippen LogP) is 2.01. The number of primary amides is 1. The molecule has 5 nitrogen and oxygen atoms in total. The molecule has 0 aromatic rings. The number of urea groups is 1. The van der Waals surface area contributed by atoms with E-state index in [4.69, 9.17) is 5.73 Å². The summed E-state index contributed by atoms with van der Waals surface area (Å²) in [6, 6.07) is -0.899. The van der Waals surface area contributed by atoms with Crippen molar-refractivity contribution < 1.29 is 9.59 Å². The molecule has 1 saturated carbocycles. The molecule has 1 aliphatic carbocycles. The molecule has 0 spiro atoms. The SMILES string of the molecule is CSCCC(NC(N)=O)C(=O)NC1CCCCCCC1. The van der Waals surface area contributed by atoms with Crippen molar-refractivity contribution in [3.8, 4) is 0 Å². The van der Waals surface area contributed by atoms with E-state index >= 15 is 0 Å². The van der Waals surface area contributed by atoms with Gasteiger partial charge in [-0.2, -0.15) is 11.8 Å². The minimum atomic E-state index is -0.635. The fourth-order valence-electron chi connectivity index (χ4n) is 2.58. The van der Waals surface area contributed by atoms with Crippen molar-refractivity contribution in [3.05, 3.63) is 0 Å². The smallest absolute Gasteiger partial charge is 0.312 e. The van der Waals surface area contributed by atoms with E-state index in [0.717, 1.165) is 18.6 Å². The molecule has 0 aromatic heterocycles. The quantitative estimate of drug-likeness (QED) is 0.701. The lowest BCUT2D eigenvalue weighted by Gasteiger charge is -2.24. The number of hydrogen-bond donors (Lipinski definition) is 3. The molecule has 116 valence electrons. The van der Waals surface area contributed by atoms with Crippen LogP contribution in [-0.4, -0.2) is 36.0 Å². The molecule has 0 bridgehead atoms. The van der Waals surface area contributed by atoms with Gasteiger partial charge in [0.25, 0.3) is 0 Å². The van der Waals surface area contributed by atoms with Crippen molar-refractivity contribution in [2.24, 2.45) is 5.73 Å². The standard InChI is InChI=1S/C14H27N3O2S/c1-20-10-9-12(17-14(15)19)13(18)16-11-7-5-3-2-4-6-8-11/h11-12H,2-10H2,1H3,(H,16,18)(H3,15,17,19). The predicted molar refractivity (Wildman–Crippen MR) is 83.8 cm³/mol. The van der Waals surface area contributed by atoms with E-state index in [-0.39, 0.29) is 11.9 Å². The normalized spacial score (nSPS) is 18.6. The van der Waals surface area contributed by atoms with Gasteiger partial charge in [-0.25, -0.2) is 4.79 Å². The van der Waals surface area contributed by atoms with Gasteiger partial charge in [0.1, 0.15) is 6.04 Å². The molecule has 3 amide bonds. The number of nitrogens with one attached hydrogen (secondary N) is 2. The molecule has 0 aromatic carbocycles. The lowest BCUT2D eigenvalue weighted by molar-refractivity contribution is -0.123. The summed E-state index contributed by atoms with van der Waals surface area (Å²) in [7, 11) is 0. The molecule has 4 N–H and O–H groups in total. The molecule has 6 heteroatoms. The van der Waals surface area contributed by atoms with E-state index < -0.39 is 12.1 Å². The molecule has 0 saturated heterocycles. The van der Waals surface area contributed by atoms with Crippen molar-refractivity contribution in [3.63, 3.8) is 0 Å². The fraction of sp³-hybridized carbons (Fsp3) is 0.857. The van der Waals surface area contributed by atoms with Gasteiger partial charge in [-0.05, 0) is 31.3 Å². The Morgan fingerprint density at radius 1 is 1.20 bits per heavy atom. The minimum Gasteiger partial charge on any atom is -0.352 e. The Bertz CT molecular complexity index is 305. The van der Waals surface area contributed by atoms with Crippen LogP contribution in [0.15, 0.2) is 0 Å². The molecule has 1 rings (SSSR count). The molecule has 1 unspecified atom stereocenters. The number of carbonyl (C=O) groups is 2. The Morgan fingerprint density at radius 3 is 2.35 bits per heavy atom. The zero-order valence-corrected chi connectivity index (χ0v) is 13.1. The third-order valence-electron chi connectivity index (χ3n) is 3.70. The van der Waals surface area contributed by atoms with Gasteiger partial charge in [-0.1, -0.05) is 32.1 Å². The first-order valence-electron chi connectivity index (χ1n) is 7.48. The number of hydrogen-bond acceptors (Lipinski definition) is 3. The summed E-state index contributed by atoms with van der Waals surface area (Å²) in [4.78, 5) is 23.3.